The minimum absolute atomic E-state index is 0. The number of nitrogens with zero attached hydrogens (tertiary/aromatic N) is 21. The van der Waals surface area contributed by atoms with E-state index < -0.39 is 0 Å². The van der Waals surface area contributed by atoms with E-state index in [0.717, 1.165) is 152 Å². The number of carbonyl (C=O) groups excluding carboxylic acids is 3. The zero-order valence-corrected chi connectivity index (χ0v) is 75.4. The van der Waals surface area contributed by atoms with Crippen molar-refractivity contribution in [1.82, 2.24) is 69.5 Å². The molecule has 4 aromatic heterocycles. The molecular formula is C95H121ClN22O6S2. The van der Waals surface area contributed by atoms with Crippen molar-refractivity contribution in [2.45, 2.75) is 141 Å². The molecule has 3 amide bonds. The van der Waals surface area contributed by atoms with Crippen LogP contribution in [0.1, 0.15) is 100 Å². The SMILES string of the molecule is C.C=CC(=O)N1CCN(c2nc(OC[C@@H]3CCCN3C)nc3c2CCN(c2c(Cl)ccc4[nH]ncc24)C3)CC1.S.S.[C-]#[N+]CC1CN(c2nc(OC[C@@H]3CCCN3C(C)C)nc3c2CCN(c2cccc4ccccc24)C3)CCN1C(=O)C=C.[C-]#[N+]CC1CN(c2nc(OC[C@]3(C)CCCN3C)nc3c2CCN(c2cccc4ccccc24)C3)CCN1C(=O)C=C. The van der Waals surface area contributed by atoms with Gasteiger partial charge in [-0.05, 0) is 166 Å². The van der Waals surface area contributed by atoms with E-state index in [1.807, 2.05) is 23.2 Å². The van der Waals surface area contributed by atoms with Gasteiger partial charge in [0.15, 0.2) is 0 Å². The molecule has 6 fully saturated rings. The molecule has 0 bridgehead atoms. The second-order valence-electron chi connectivity index (χ2n) is 34.2. The van der Waals surface area contributed by atoms with E-state index in [1.165, 1.54) is 64.0 Å². The maximum atomic E-state index is 12.6. The van der Waals surface area contributed by atoms with E-state index in [0.29, 0.717) is 146 Å². The van der Waals surface area contributed by atoms with Crippen molar-refractivity contribution in [3.8, 4) is 18.0 Å². The number of amides is 3. The van der Waals surface area contributed by atoms with Gasteiger partial charge >= 0.3 is 18.0 Å². The van der Waals surface area contributed by atoms with E-state index in [9.17, 15) is 14.4 Å². The van der Waals surface area contributed by atoms with Crippen LogP contribution < -0.4 is 43.6 Å². The number of nitrogens with one attached hydrogen (secondary N) is 1. The van der Waals surface area contributed by atoms with Crippen molar-refractivity contribution < 1.29 is 28.6 Å². The monoisotopic (exact) mass is 1760 g/mol. The number of piperazine rings is 3. The van der Waals surface area contributed by atoms with Gasteiger partial charge in [0.05, 0.1) is 64.7 Å². The second kappa shape index (κ2) is 41.6. The quantitative estimate of drug-likeness (QED) is 0.0520. The lowest BCUT2D eigenvalue weighted by Crippen LogP contribution is -2.56. The van der Waals surface area contributed by atoms with Gasteiger partial charge in [-0.15, -0.1) is 0 Å². The number of hydrogen-bond donors (Lipinski definition) is 1. The average Bonchev–Trinajstić information content (AvgIpc) is 0.922. The van der Waals surface area contributed by atoms with E-state index in [4.69, 9.17) is 68.9 Å². The molecule has 0 spiro atoms. The minimum Gasteiger partial charge on any atom is -0.462 e. The van der Waals surface area contributed by atoms with Gasteiger partial charge in [0.25, 0.3) is 0 Å². The molecule has 9 aliphatic heterocycles. The topological polar surface area (TPSA) is 233 Å². The van der Waals surface area contributed by atoms with E-state index in [2.05, 4.69) is 204 Å². The first-order valence-corrected chi connectivity index (χ1v) is 44.0. The highest BCUT2D eigenvalue weighted by atomic mass is 35.5. The fraction of sp³-hybridized carbons (Fsp3) is 0.474. The summed E-state index contributed by atoms with van der Waals surface area (Å²) in [7, 11) is 4.29. The number of aromatic amines is 1. The lowest BCUT2D eigenvalue weighted by molar-refractivity contribution is -0.129. The van der Waals surface area contributed by atoms with Gasteiger partial charge < -0.3 is 72.9 Å². The smallest absolute Gasteiger partial charge is 0.318 e. The van der Waals surface area contributed by atoms with Crippen LogP contribution in [0.15, 0.2) is 141 Å². The van der Waals surface area contributed by atoms with Crippen LogP contribution >= 0.6 is 38.6 Å². The molecule has 9 aliphatic rings. The number of hydrogen-bond acceptors (Lipinski definition) is 22. The Labute approximate surface area is 760 Å². The molecule has 666 valence electrons. The Morgan fingerprint density at radius 2 is 1.01 bits per heavy atom. The highest BCUT2D eigenvalue weighted by Gasteiger charge is 2.41. The summed E-state index contributed by atoms with van der Waals surface area (Å²) in [6, 6.07) is 35.8. The van der Waals surface area contributed by atoms with Gasteiger partial charge in [0.1, 0.15) is 49.4 Å². The standard InChI is InChI=1S/C34H41N7O2.C33H39N7O2.C27H33ClN8O2.CH4.2H2S/c1-5-32(42)41-19-18-39(21-27(41)20-35-4)33-29-15-17-38(31-14-8-11-25-10-6-7-13-28(25)31)22-30(29)36-34(37-33)43-23-26-12-9-16-40(26)24(2)3;1-5-30(41)40-19-18-39(21-25(40)20-34-3)31-27-14-17-38(29-13-8-11-24-10-6-7-12-26(24)29)22-28(27)35-32(36-31)42-23-33(2)15-9-16-37(33)4;1-3-24(37)34-11-13-35(14-12-34)26-19-8-10-36(25-20-15-29-32-22(20)7-6-21(25)28)16-23(19)30-27(31-26)38-17-18-5-4-9-33(18)2;;;/h5-8,10-11,13-14,24,26-27H,1,9,12,15-23H2,2-3H3;5-8,10-13,25H,1,9,14-23H2,2,4H3;3,6-7,15,18H,1,4-5,8-14,16-17H2,2H3,(H,29,32);1H4;2*1H2/t26-,27?;25?,33-;18-;;;/m000.../s1. The summed E-state index contributed by atoms with van der Waals surface area (Å²) in [6.45, 7) is 48.6. The predicted octanol–water partition coefficient (Wildman–Crippen LogP) is 12.5. The Bertz CT molecular complexity index is 5480. The van der Waals surface area contributed by atoms with Crippen LogP contribution in [0.3, 0.4) is 0 Å². The summed E-state index contributed by atoms with van der Waals surface area (Å²) >= 11 is 6.70. The third-order valence-corrected chi connectivity index (χ3v) is 26.8. The second-order valence-corrected chi connectivity index (χ2v) is 34.6. The third kappa shape index (κ3) is 20.0. The molecule has 5 aromatic carbocycles. The molecule has 0 saturated carbocycles. The molecule has 1 N–H and O–H groups in total. The Kier molecular flexibility index (Phi) is 30.6. The van der Waals surface area contributed by atoms with Crippen molar-refractivity contribution >= 4 is 123 Å². The predicted molar refractivity (Wildman–Crippen MR) is 512 cm³/mol. The van der Waals surface area contributed by atoms with Gasteiger partial charge in [-0.3, -0.25) is 29.3 Å². The molecule has 2 unspecified atom stereocenters. The number of aromatic nitrogens is 8. The first kappa shape index (κ1) is 92.7. The van der Waals surface area contributed by atoms with Crippen molar-refractivity contribution in [3.05, 3.63) is 203 Å². The van der Waals surface area contributed by atoms with Crippen LogP contribution in [-0.4, -0.2) is 275 Å². The van der Waals surface area contributed by atoms with Crippen molar-refractivity contribution in [2.24, 2.45) is 0 Å². The molecule has 126 heavy (non-hydrogen) atoms. The maximum Gasteiger partial charge on any atom is 0.318 e. The van der Waals surface area contributed by atoms with Gasteiger partial charge in [0.2, 0.25) is 30.8 Å². The van der Waals surface area contributed by atoms with Crippen LogP contribution in [0.2, 0.25) is 5.02 Å². The number of anilines is 6. The zero-order valence-electron chi connectivity index (χ0n) is 72.6. The highest BCUT2D eigenvalue weighted by molar-refractivity contribution is 7.59. The van der Waals surface area contributed by atoms with Gasteiger partial charge in [0, 0.05) is 147 Å². The Morgan fingerprint density at radius 1 is 0.532 bits per heavy atom. The van der Waals surface area contributed by atoms with Gasteiger partial charge in [-0.25, -0.2) is 13.1 Å². The summed E-state index contributed by atoms with van der Waals surface area (Å²) in [4.78, 5) is 101. The highest BCUT2D eigenvalue weighted by Crippen LogP contribution is 2.42. The summed E-state index contributed by atoms with van der Waals surface area (Å²) in [6.07, 6.45) is 15.1. The van der Waals surface area contributed by atoms with Crippen molar-refractivity contribution in [2.75, 3.05) is 181 Å². The molecule has 18 rings (SSSR count). The van der Waals surface area contributed by atoms with Gasteiger partial charge in [-0.1, -0.05) is 112 Å². The number of likely N-dealkylation sites (N-methyl/N-ethyl adjacent to an activating group) is 2. The zero-order chi connectivity index (χ0) is 85.4. The summed E-state index contributed by atoms with van der Waals surface area (Å²) in [5.74, 6) is 2.39. The molecule has 0 radical (unpaired) electrons. The van der Waals surface area contributed by atoms with E-state index >= 15 is 0 Å². The number of fused-ring (bicyclic) bond motifs is 6. The largest absolute Gasteiger partial charge is 0.462 e. The van der Waals surface area contributed by atoms with Crippen LogP contribution in [-0.2, 0) is 53.3 Å². The number of H-pyrrole nitrogens is 1. The average molecular weight is 1770 g/mol. The fourth-order valence-corrected chi connectivity index (χ4v) is 19.8. The molecule has 13 heterocycles. The normalized spacial score (nSPS) is 20.7. The molecular weight excluding hydrogens is 1640 g/mol. The summed E-state index contributed by atoms with van der Waals surface area (Å²) in [5, 5.41) is 13.9. The van der Waals surface area contributed by atoms with Gasteiger partial charge in [-0.2, -0.15) is 62.0 Å². The van der Waals surface area contributed by atoms with Crippen LogP contribution in [0.4, 0.5) is 34.5 Å². The first-order valence-electron chi connectivity index (χ1n) is 43.6. The third-order valence-electron chi connectivity index (χ3n) is 26.5. The molecule has 0 aliphatic carbocycles. The number of likely N-dealkylation sites (tertiary alicyclic amines) is 3. The van der Waals surface area contributed by atoms with Crippen molar-refractivity contribution in [3.63, 3.8) is 0 Å². The molecule has 9 aromatic rings. The first-order chi connectivity index (χ1) is 59.9. The molecule has 31 heteroatoms. The number of benzene rings is 5. The molecule has 5 atom stereocenters. The molecule has 6 saturated heterocycles. The Balaban J connectivity index is 0.000000160. The number of carbonyl (C=O) groups is 3. The lowest BCUT2D eigenvalue weighted by Gasteiger charge is -2.41. The fourth-order valence-electron chi connectivity index (χ4n) is 19.5. The number of ether oxygens (including phenoxy) is 3. The lowest BCUT2D eigenvalue weighted by atomic mass is 10.0. The number of rotatable bonds is 21. The van der Waals surface area contributed by atoms with E-state index in [-0.39, 0.29) is 82.9 Å². The number of halogens is 1. The summed E-state index contributed by atoms with van der Waals surface area (Å²) < 4.78 is 19.0. The van der Waals surface area contributed by atoms with E-state index in [1.54, 1.807) is 9.80 Å². The maximum absolute atomic E-state index is 12.6. The minimum atomic E-state index is -0.224. The van der Waals surface area contributed by atoms with Crippen LogP contribution in [0.25, 0.3) is 42.1 Å². The molecule has 28 nitrogen and oxygen atoms in total. The Morgan fingerprint density at radius 3 is 1.51 bits per heavy atom. The van der Waals surface area contributed by atoms with Crippen LogP contribution in [0, 0.1) is 13.1 Å². The van der Waals surface area contributed by atoms with Crippen molar-refractivity contribution in [1.29, 1.82) is 0 Å². The Hall–Kier alpha value is -11.0. The van der Waals surface area contributed by atoms with Crippen LogP contribution in [0.5, 0.6) is 18.0 Å². The summed E-state index contributed by atoms with van der Waals surface area (Å²) in [5.41, 5.74) is 10.6.